The van der Waals surface area contributed by atoms with E-state index in [-0.39, 0.29) is 18.0 Å². The predicted octanol–water partition coefficient (Wildman–Crippen LogP) is 5.30. The maximum absolute atomic E-state index is 12.2. The smallest absolute Gasteiger partial charge is 0.328 e. The molecule has 1 saturated carbocycles. The third kappa shape index (κ3) is 6.66. The molecule has 4 fully saturated rings. The van der Waals surface area contributed by atoms with Crippen LogP contribution in [0.1, 0.15) is 38.1 Å². The Labute approximate surface area is 308 Å². The van der Waals surface area contributed by atoms with Gasteiger partial charge in [-0.25, -0.2) is 19.4 Å². The van der Waals surface area contributed by atoms with Crippen LogP contribution < -0.4 is 25.6 Å². The van der Waals surface area contributed by atoms with Crippen molar-refractivity contribution in [3.63, 3.8) is 0 Å². The largest absolute Gasteiger partial charge is 0.457 e. The van der Waals surface area contributed by atoms with E-state index in [0.717, 1.165) is 104 Å². The predicted molar refractivity (Wildman–Crippen MR) is 204 cm³/mol. The van der Waals surface area contributed by atoms with Crippen LogP contribution in [0.25, 0.3) is 22.3 Å². The number of para-hydroxylation sites is 1. The van der Waals surface area contributed by atoms with Crippen LogP contribution in [-0.4, -0.2) is 99.4 Å². The number of nitrogens with zero attached hydrogens (tertiary/aromatic N) is 8. The number of carbonyl (C=O) groups is 2. The molecule has 0 bridgehead atoms. The minimum atomic E-state index is -0.347. The average Bonchev–Trinajstić information content (AvgIpc) is 3.57. The van der Waals surface area contributed by atoms with E-state index in [4.69, 9.17) is 15.6 Å². The summed E-state index contributed by atoms with van der Waals surface area (Å²) in [6.45, 7) is 6.84. The summed E-state index contributed by atoms with van der Waals surface area (Å²) >= 11 is 0. The van der Waals surface area contributed by atoms with Crippen LogP contribution in [-0.2, 0) is 4.79 Å². The number of ether oxygens (including phenoxy) is 1. The van der Waals surface area contributed by atoms with Crippen LogP contribution in [0, 0.1) is 0 Å². The van der Waals surface area contributed by atoms with Crippen LogP contribution in [0.15, 0.2) is 85.2 Å². The molecular formula is C40H44N10O3. The normalized spacial score (nSPS) is 21.8. The van der Waals surface area contributed by atoms with Crippen molar-refractivity contribution in [3.05, 3.63) is 85.2 Å². The molecule has 2 aromatic heterocycles. The monoisotopic (exact) mass is 712 g/mol. The van der Waals surface area contributed by atoms with Crippen LogP contribution in [0.4, 0.5) is 22.0 Å². The molecule has 13 nitrogen and oxygen atoms in total. The van der Waals surface area contributed by atoms with E-state index >= 15 is 0 Å². The van der Waals surface area contributed by atoms with E-state index in [2.05, 4.69) is 46.8 Å². The highest BCUT2D eigenvalue weighted by Crippen LogP contribution is 2.38. The van der Waals surface area contributed by atoms with Crippen molar-refractivity contribution in [2.75, 3.05) is 61.3 Å². The molecule has 3 aromatic carbocycles. The topological polar surface area (TPSA) is 138 Å². The molecule has 272 valence electrons. The minimum Gasteiger partial charge on any atom is -0.457 e. The molecule has 53 heavy (non-hydrogen) atoms. The first-order chi connectivity index (χ1) is 26.0. The van der Waals surface area contributed by atoms with Gasteiger partial charge in [0.25, 0.3) is 0 Å². The summed E-state index contributed by atoms with van der Waals surface area (Å²) < 4.78 is 8.12. The number of carbonyl (C=O) groups excluding carboxylic acids is 2. The Balaban J connectivity index is 0.779. The number of piperazine rings is 1. The van der Waals surface area contributed by atoms with Gasteiger partial charge in [-0.05, 0) is 86.3 Å². The van der Waals surface area contributed by atoms with Crippen molar-refractivity contribution in [1.82, 2.24) is 34.9 Å². The highest BCUT2D eigenvalue weighted by atomic mass is 16.5. The standard InChI is InChI=1S/C40H44N10O3/c41-38-36-37(27-6-16-34(17-7-27)53-33-4-2-1-3-5-33)45-50(39(36)43-26-42-38)31-14-10-28(11-15-31)46-20-22-47(23-21-46)32-24-48(25-32)29-8-12-30(13-9-29)49-19-18-35(51)44-40(49)52/h1-9,12-13,16-17,26,28,31-32H,10-11,14-15,18-25H2,(H2,41,42,43)(H,44,51,52). The summed E-state index contributed by atoms with van der Waals surface area (Å²) in [5, 5.41) is 8.34. The molecule has 3 saturated heterocycles. The lowest BCUT2D eigenvalue weighted by Crippen LogP contribution is -2.64. The summed E-state index contributed by atoms with van der Waals surface area (Å²) in [7, 11) is 0. The average molecular weight is 713 g/mol. The van der Waals surface area contributed by atoms with Gasteiger partial charge in [0.1, 0.15) is 29.3 Å². The Bertz CT molecular complexity index is 2080. The number of hydrogen-bond donors (Lipinski definition) is 2. The number of anilines is 3. The zero-order chi connectivity index (χ0) is 35.9. The number of amides is 3. The van der Waals surface area contributed by atoms with Crippen molar-refractivity contribution in [2.24, 2.45) is 0 Å². The fourth-order valence-electron chi connectivity index (χ4n) is 8.44. The molecule has 4 aliphatic rings. The number of benzene rings is 3. The number of rotatable bonds is 8. The lowest BCUT2D eigenvalue weighted by molar-refractivity contribution is -0.120. The van der Waals surface area contributed by atoms with Gasteiger partial charge in [-0.2, -0.15) is 5.10 Å². The van der Waals surface area contributed by atoms with Gasteiger partial charge in [0.05, 0.1) is 11.4 Å². The van der Waals surface area contributed by atoms with E-state index < -0.39 is 0 Å². The SMILES string of the molecule is Nc1ncnc2c1c(-c1ccc(Oc3ccccc3)cc1)nn2C1CCC(N2CCN(C3CN(c4ccc(N5CCC(=O)NC5=O)cc4)C3)CC2)CC1. The molecule has 0 unspecified atom stereocenters. The number of imide groups is 1. The van der Waals surface area contributed by atoms with E-state index in [1.165, 1.54) is 5.69 Å². The Morgan fingerprint density at radius 3 is 2.04 bits per heavy atom. The highest BCUT2D eigenvalue weighted by molar-refractivity contribution is 6.05. The second kappa shape index (κ2) is 14.1. The van der Waals surface area contributed by atoms with Crippen molar-refractivity contribution in [2.45, 2.75) is 50.2 Å². The second-order valence-electron chi connectivity index (χ2n) is 14.6. The van der Waals surface area contributed by atoms with E-state index in [1.54, 1.807) is 11.2 Å². The van der Waals surface area contributed by atoms with Gasteiger partial charge in [0.15, 0.2) is 5.65 Å². The molecule has 0 spiro atoms. The fraction of sp³-hybridized carbons (Fsp3) is 0.375. The first kappa shape index (κ1) is 33.3. The summed E-state index contributed by atoms with van der Waals surface area (Å²) in [5.41, 5.74) is 11.0. The maximum Gasteiger partial charge on any atom is 0.328 e. The van der Waals surface area contributed by atoms with Crippen LogP contribution in [0.3, 0.4) is 0 Å². The summed E-state index contributed by atoms with van der Waals surface area (Å²) in [6, 6.07) is 26.9. The lowest BCUT2D eigenvalue weighted by Gasteiger charge is -2.50. The van der Waals surface area contributed by atoms with Gasteiger partial charge in [-0.1, -0.05) is 18.2 Å². The molecule has 1 aliphatic carbocycles. The van der Waals surface area contributed by atoms with Crippen molar-refractivity contribution < 1.29 is 14.3 Å². The molecule has 13 heteroatoms. The van der Waals surface area contributed by atoms with Gasteiger partial charge in [0, 0.05) is 81.3 Å². The number of hydrogen-bond acceptors (Lipinski definition) is 10. The zero-order valence-corrected chi connectivity index (χ0v) is 29.7. The molecule has 0 atom stereocenters. The van der Waals surface area contributed by atoms with Gasteiger partial charge in [-0.15, -0.1) is 0 Å². The van der Waals surface area contributed by atoms with E-state index in [9.17, 15) is 9.59 Å². The number of urea groups is 1. The first-order valence-corrected chi connectivity index (χ1v) is 18.7. The number of nitrogens with one attached hydrogen (secondary N) is 1. The van der Waals surface area contributed by atoms with E-state index in [0.29, 0.717) is 30.9 Å². The molecule has 3 N–H and O–H groups in total. The van der Waals surface area contributed by atoms with Crippen molar-refractivity contribution in [1.29, 1.82) is 0 Å². The second-order valence-corrected chi connectivity index (χ2v) is 14.6. The Morgan fingerprint density at radius 2 is 1.34 bits per heavy atom. The number of nitrogens with two attached hydrogens (primary N) is 1. The van der Waals surface area contributed by atoms with Gasteiger partial charge in [-0.3, -0.25) is 24.8 Å². The van der Waals surface area contributed by atoms with Crippen LogP contribution >= 0.6 is 0 Å². The van der Waals surface area contributed by atoms with Crippen LogP contribution in [0.5, 0.6) is 11.5 Å². The third-order valence-electron chi connectivity index (χ3n) is 11.5. The van der Waals surface area contributed by atoms with Crippen molar-refractivity contribution >= 4 is 40.2 Å². The maximum atomic E-state index is 12.2. The minimum absolute atomic E-state index is 0.215. The molecule has 9 rings (SSSR count). The van der Waals surface area contributed by atoms with E-state index in [1.807, 2.05) is 66.7 Å². The third-order valence-corrected chi connectivity index (χ3v) is 11.5. The quantitative estimate of drug-likeness (QED) is 0.218. The fourth-order valence-corrected chi connectivity index (χ4v) is 8.44. The molecule has 5 heterocycles. The molecular weight excluding hydrogens is 669 g/mol. The Hall–Kier alpha value is -5.53. The zero-order valence-electron chi connectivity index (χ0n) is 29.7. The molecule has 3 amide bonds. The Morgan fingerprint density at radius 1 is 0.698 bits per heavy atom. The molecule has 0 radical (unpaired) electrons. The molecule has 5 aromatic rings. The lowest BCUT2D eigenvalue weighted by atomic mass is 9.89. The summed E-state index contributed by atoms with van der Waals surface area (Å²) in [6.07, 6.45) is 6.24. The number of fused-ring (bicyclic) bond motifs is 1. The summed E-state index contributed by atoms with van der Waals surface area (Å²) in [4.78, 5) is 42.1. The highest BCUT2D eigenvalue weighted by Gasteiger charge is 2.36. The van der Waals surface area contributed by atoms with Gasteiger partial charge < -0.3 is 15.4 Å². The molecule has 3 aliphatic heterocycles. The summed E-state index contributed by atoms with van der Waals surface area (Å²) in [5.74, 6) is 1.79. The van der Waals surface area contributed by atoms with Gasteiger partial charge >= 0.3 is 6.03 Å². The number of nitrogen functional groups attached to an aromatic ring is 1. The van der Waals surface area contributed by atoms with Crippen molar-refractivity contribution in [3.8, 4) is 22.8 Å². The van der Waals surface area contributed by atoms with Gasteiger partial charge in [0.2, 0.25) is 5.91 Å². The first-order valence-electron chi connectivity index (χ1n) is 18.7. The van der Waals surface area contributed by atoms with Crippen LogP contribution in [0.2, 0.25) is 0 Å². The number of aromatic nitrogens is 4. The Kier molecular flexibility index (Phi) is 8.88.